The van der Waals surface area contributed by atoms with Crippen molar-refractivity contribution < 1.29 is 22.0 Å². The number of aryl methyl sites for hydroxylation is 1. The zero-order valence-corrected chi connectivity index (χ0v) is 20.5. The van der Waals surface area contributed by atoms with Crippen LogP contribution in [0.4, 0.5) is 20.3 Å². The molecular formula is C24H29F2N5O3S. The minimum Gasteiger partial charge on any atom is -0.356 e. The Hall–Kier alpha value is -3.08. The fraction of sp³-hybridized carbons (Fsp3) is 0.458. The number of anilines is 2. The molecule has 0 aliphatic heterocycles. The van der Waals surface area contributed by atoms with E-state index < -0.39 is 21.5 Å². The highest BCUT2D eigenvalue weighted by molar-refractivity contribution is 7.90. The second kappa shape index (κ2) is 10.3. The van der Waals surface area contributed by atoms with E-state index in [1.54, 1.807) is 0 Å². The van der Waals surface area contributed by atoms with E-state index in [2.05, 4.69) is 25.6 Å². The lowest BCUT2D eigenvalue weighted by Gasteiger charge is -2.28. The van der Waals surface area contributed by atoms with Gasteiger partial charge in [-0.1, -0.05) is 13.0 Å². The van der Waals surface area contributed by atoms with E-state index in [1.807, 2.05) is 6.92 Å². The first-order valence-electron chi connectivity index (χ1n) is 11.6. The first-order valence-corrected chi connectivity index (χ1v) is 13.7. The van der Waals surface area contributed by atoms with Crippen LogP contribution in [-0.2, 0) is 27.5 Å². The molecule has 1 aliphatic rings. The number of hydrogen-bond donors (Lipinski definition) is 3. The van der Waals surface area contributed by atoms with E-state index in [1.165, 1.54) is 24.7 Å². The molecule has 2 aromatic heterocycles. The van der Waals surface area contributed by atoms with Gasteiger partial charge in [-0.15, -0.1) is 0 Å². The molecule has 2 heterocycles. The van der Waals surface area contributed by atoms with Crippen LogP contribution < -0.4 is 10.6 Å². The number of aromatic amines is 1. The third-order valence-electron chi connectivity index (χ3n) is 6.54. The van der Waals surface area contributed by atoms with E-state index in [0.717, 1.165) is 35.6 Å². The van der Waals surface area contributed by atoms with Crippen LogP contribution in [0.2, 0.25) is 0 Å². The van der Waals surface area contributed by atoms with Crippen LogP contribution in [0.15, 0.2) is 24.5 Å². The largest absolute Gasteiger partial charge is 0.356 e. The topological polar surface area (TPSA) is 117 Å². The normalized spacial score (nSPS) is 16.6. The minimum absolute atomic E-state index is 0.00628. The number of halogens is 2. The molecule has 35 heavy (non-hydrogen) atoms. The van der Waals surface area contributed by atoms with Gasteiger partial charge >= 0.3 is 0 Å². The maximum atomic E-state index is 14.3. The lowest BCUT2D eigenvalue weighted by Crippen LogP contribution is -2.30. The van der Waals surface area contributed by atoms with Crippen molar-refractivity contribution in [2.45, 2.75) is 39.0 Å². The van der Waals surface area contributed by atoms with Gasteiger partial charge in [0, 0.05) is 24.9 Å². The standard InChI is InChI=1S/C24H29F2N5O3S/c1-14(11-20(32)27-9-4-10-35(2,33)34)15-7-8-18-16(12-15)21-23(30-18)28-13-29-24(21)31-19-6-3-5-17(25)22(19)26/h3,5-6,13-15H,4,7-12H2,1-2H3,(H,27,32)(H2,28,29,30,31)/t14-,15?/m1/s1. The number of aromatic nitrogens is 3. The quantitative estimate of drug-likeness (QED) is 0.382. The SMILES string of the molecule is C[C@H](CC(=O)NCCCS(C)(=O)=O)C1CCc2[nH]c3ncnc(Nc4cccc(F)c4F)c3c2C1. The summed E-state index contributed by atoms with van der Waals surface area (Å²) in [7, 11) is -3.04. The Bertz CT molecular complexity index is 1340. The van der Waals surface area contributed by atoms with Crippen LogP contribution in [0.1, 0.15) is 37.4 Å². The fourth-order valence-electron chi connectivity index (χ4n) is 4.67. The molecule has 188 valence electrons. The fourth-order valence-corrected chi connectivity index (χ4v) is 5.34. The Morgan fingerprint density at radius 2 is 2.09 bits per heavy atom. The molecule has 3 N–H and O–H groups in total. The van der Waals surface area contributed by atoms with Gasteiger partial charge in [0.05, 0.1) is 16.8 Å². The van der Waals surface area contributed by atoms with E-state index in [0.29, 0.717) is 37.3 Å². The van der Waals surface area contributed by atoms with Crippen LogP contribution in [0, 0.1) is 23.5 Å². The van der Waals surface area contributed by atoms with Crippen molar-refractivity contribution in [3.05, 3.63) is 47.4 Å². The van der Waals surface area contributed by atoms with E-state index in [4.69, 9.17) is 0 Å². The molecule has 3 aromatic rings. The summed E-state index contributed by atoms with van der Waals surface area (Å²) in [5.74, 6) is -1.23. The number of benzene rings is 1. The molecule has 0 spiro atoms. The molecule has 0 saturated heterocycles. The minimum atomic E-state index is -3.04. The zero-order chi connectivity index (χ0) is 25.2. The predicted molar refractivity (Wildman–Crippen MR) is 130 cm³/mol. The number of fused-ring (bicyclic) bond motifs is 3. The Morgan fingerprint density at radius 3 is 2.86 bits per heavy atom. The Labute approximate surface area is 202 Å². The first kappa shape index (κ1) is 25.0. The molecule has 2 atom stereocenters. The maximum absolute atomic E-state index is 14.3. The first-order chi connectivity index (χ1) is 16.6. The van der Waals surface area contributed by atoms with Gasteiger partial charge in [-0.3, -0.25) is 4.79 Å². The summed E-state index contributed by atoms with van der Waals surface area (Å²) in [5, 5.41) is 6.47. The average molecular weight is 506 g/mol. The number of H-pyrrole nitrogens is 1. The number of nitrogens with zero attached hydrogens (tertiary/aromatic N) is 2. The molecule has 11 heteroatoms. The summed E-state index contributed by atoms with van der Waals surface area (Å²) in [5.41, 5.74) is 2.68. The molecule has 0 fully saturated rings. The Balaban J connectivity index is 1.46. The zero-order valence-electron chi connectivity index (χ0n) is 19.7. The molecule has 4 rings (SSSR count). The van der Waals surface area contributed by atoms with Crippen LogP contribution in [0.25, 0.3) is 11.0 Å². The summed E-state index contributed by atoms with van der Waals surface area (Å²) in [6.45, 7) is 2.37. The Morgan fingerprint density at radius 1 is 1.29 bits per heavy atom. The number of amides is 1. The molecule has 8 nitrogen and oxygen atoms in total. The number of hydrogen-bond acceptors (Lipinski definition) is 6. The van der Waals surface area contributed by atoms with E-state index >= 15 is 0 Å². The second-order valence-electron chi connectivity index (χ2n) is 9.27. The van der Waals surface area contributed by atoms with Gasteiger partial charge in [-0.05, 0) is 55.2 Å². The van der Waals surface area contributed by atoms with E-state index in [-0.39, 0.29) is 29.2 Å². The lowest BCUT2D eigenvalue weighted by molar-refractivity contribution is -0.122. The van der Waals surface area contributed by atoms with Crippen molar-refractivity contribution >= 4 is 38.3 Å². The summed E-state index contributed by atoms with van der Waals surface area (Å²) in [4.78, 5) is 24.3. The second-order valence-corrected chi connectivity index (χ2v) is 11.5. The van der Waals surface area contributed by atoms with Gasteiger partial charge in [-0.2, -0.15) is 0 Å². The highest BCUT2D eigenvalue weighted by Crippen LogP contribution is 2.38. The van der Waals surface area contributed by atoms with Gasteiger partial charge in [0.15, 0.2) is 11.6 Å². The van der Waals surface area contributed by atoms with Gasteiger partial charge in [0.25, 0.3) is 0 Å². The molecule has 0 radical (unpaired) electrons. The van der Waals surface area contributed by atoms with Crippen molar-refractivity contribution in [3.63, 3.8) is 0 Å². The molecule has 1 aromatic carbocycles. The number of carbonyl (C=O) groups excluding carboxylic acids is 1. The molecular weight excluding hydrogens is 476 g/mol. The average Bonchev–Trinajstić information content (AvgIpc) is 3.18. The van der Waals surface area contributed by atoms with Crippen molar-refractivity contribution in [2.24, 2.45) is 11.8 Å². The highest BCUT2D eigenvalue weighted by atomic mass is 32.2. The van der Waals surface area contributed by atoms with Crippen LogP contribution in [0.3, 0.4) is 0 Å². The van der Waals surface area contributed by atoms with Crippen molar-refractivity contribution in [3.8, 4) is 0 Å². The summed E-state index contributed by atoms with van der Waals surface area (Å²) in [6, 6.07) is 3.93. The number of carbonyl (C=O) groups is 1. The van der Waals surface area contributed by atoms with Crippen LogP contribution in [0.5, 0.6) is 0 Å². The molecule has 1 unspecified atom stereocenters. The van der Waals surface area contributed by atoms with Gasteiger partial charge in [0.2, 0.25) is 5.91 Å². The van der Waals surface area contributed by atoms with Crippen molar-refractivity contribution in [2.75, 3.05) is 23.9 Å². The molecule has 1 aliphatic carbocycles. The summed E-state index contributed by atoms with van der Waals surface area (Å²) < 4.78 is 50.4. The highest BCUT2D eigenvalue weighted by Gasteiger charge is 2.29. The molecule has 1 amide bonds. The molecule has 0 bridgehead atoms. The van der Waals surface area contributed by atoms with Crippen molar-refractivity contribution in [1.29, 1.82) is 0 Å². The van der Waals surface area contributed by atoms with Gasteiger partial charge < -0.3 is 15.6 Å². The smallest absolute Gasteiger partial charge is 0.220 e. The van der Waals surface area contributed by atoms with Crippen molar-refractivity contribution in [1.82, 2.24) is 20.3 Å². The van der Waals surface area contributed by atoms with E-state index in [9.17, 15) is 22.0 Å². The predicted octanol–water partition coefficient (Wildman–Crippen LogP) is 3.66. The maximum Gasteiger partial charge on any atom is 0.220 e. The van der Waals surface area contributed by atoms with Crippen LogP contribution >= 0.6 is 0 Å². The third kappa shape index (κ3) is 5.95. The lowest BCUT2D eigenvalue weighted by atomic mass is 9.78. The Kier molecular flexibility index (Phi) is 7.34. The van der Waals surface area contributed by atoms with Gasteiger partial charge in [0.1, 0.15) is 27.6 Å². The monoisotopic (exact) mass is 505 g/mol. The van der Waals surface area contributed by atoms with Gasteiger partial charge in [-0.25, -0.2) is 27.2 Å². The van der Waals surface area contributed by atoms with Crippen LogP contribution in [-0.4, -0.2) is 47.8 Å². The summed E-state index contributed by atoms with van der Waals surface area (Å²) in [6.07, 6.45) is 5.67. The molecule has 0 saturated carbocycles. The number of rotatable bonds is 9. The number of sulfone groups is 1. The summed E-state index contributed by atoms with van der Waals surface area (Å²) >= 11 is 0. The number of nitrogens with one attached hydrogen (secondary N) is 3. The third-order valence-corrected chi connectivity index (χ3v) is 7.58.